The molecule has 0 spiro atoms. The molecule has 2 nitrogen and oxygen atoms in total. The predicted octanol–water partition coefficient (Wildman–Crippen LogP) is 4.70. The molecule has 0 aliphatic rings. The summed E-state index contributed by atoms with van der Waals surface area (Å²) in [5, 5.41) is 3.43. The summed E-state index contributed by atoms with van der Waals surface area (Å²) in [7, 11) is 0. The quantitative estimate of drug-likeness (QED) is 0.742. The van der Waals surface area contributed by atoms with Gasteiger partial charge in [-0.15, -0.1) is 11.3 Å². The SMILES string of the molecule is NCc1cc(Br)ccc1OCc1csc2ccccc12. The summed E-state index contributed by atoms with van der Waals surface area (Å²) in [6, 6.07) is 14.3. The predicted molar refractivity (Wildman–Crippen MR) is 88.2 cm³/mol. The minimum absolute atomic E-state index is 0.471. The Morgan fingerprint density at radius 2 is 1.95 bits per heavy atom. The van der Waals surface area contributed by atoms with E-state index in [1.54, 1.807) is 11.3 Å². The molecule has 0 aliphatic heterocycles. The molecule has 3 aromatic rings. The largest absolute Gasteiger partial charge is 0.489 e. The number of halogens is 1. The second-order valence-corrected chi connectivity index (χ2v) is 6.33. The van der Waals surface area contributed by atoms with Crippen molar-refractivity contribution in [2.45, 2.75) is 13.2 Å². The fourth-order valence-electron chi connectivity index (χ4n) is 2.15. The van der Waals surface area contributed by atoms with Gasteiger partial charge in [-0.25, -0.2) is 0 Å². The van der Waals surface area contributed by atoms with Crippen molar-refractivity contribution >= 4 is 37.4 Å². The van der Waals surface area contributed by atoms with Crippen LogP contribution in [-0.4, -0.2) is 0 Å². The molecule has 0 bridgehead atoms. The first-order chi connectivity index (χ1) is 9.78. The Kier molecular flexibility index (Phi) is 4.05. The summed E-state index contributed by atoms with van der Waals surface area (Å²) in [5.74, 6) is 0.853. The third kappa shape index (κ3) is 2.73. The van der Waals surface area contributed by atoms with Gasteiger partial charge in [0.25, 0.3) is 0 Å². The van der Waals surface area contributed by atoms with Gasteiger partial charge in [-0.2, -0.15) is 0 Å². The van der Waals surface area contributed by atoms with E-state index in [4.69, 9.17) is 10.5 Å². The first-order valence-electron chi connectivity index (χ1n) is 6.34. The standard InChI is InChI=1S/C16H14BrNOS/c17-13-5-6-15(11(7-13)8-18)19-9-12-10-20-16-4-2-1-3-14(12)16/h1-7,10H,8-9,18H2. The zero-order chi connectivity index (χ0) is 13.9. The minimum atomic E-state index is 0.471. The van der Waals surface area contributed by atoms with Gasteiger partial charge in [-0.3, -0.25) is 0 Å². The number of ether oxygens (including phenoxy) is 1. The molecule has 0 aliphatic carbocycles. The van der Waals surface area contributed by atoms with Gasteiger partial charge in [0.2, 0.25) is 0 Å². The number of fused-ring (bicyclic) bond motifs is 1. The number of thiophene rings is 1. The van der Waals surface area contributed by atoms with Crippen LogP contribution in [0.15, 0.2) is 52.3 Å². The third-order valence-corrected chi connectivity index (χ3v) is 4.69. The second-order valence-electron chi connectivity index (χ2n) is 4.50. The lowest BCUT2D eigenvalue weighted by atomic mass is 10.2. The molecule has 4 heteroatoms. The molecule has 20 heavy (non-hydrogen) atoms. The minimum Gasteiger partial charge on any atom is -0.489 e. The average Bonchev–Trinajstić information content (AvgIpc) is 2.89. The van der Waals surface area contributed by atoms with Crippen LogP contribution in [0.1, 0.15) is 11.1 Å². The summed E-state index contributed by atoms with van der Waals surface area (Å²) < 4.78 is 8.25. The van der Waals surface area contributed by atoms with Crippen molar-refractivity contribution in [3.63, 3.8) is 0 Å². The maximum absolute atomic E-state index is 5.94. The van der Waals surface area contributed by atoms with Crippen molar-refractivity contribution in [3.8, 4) is 5.75 Å². The highest BCUT2D eigenvalue weighted by Gasteiger charge is 2.07. The number of benzene rings is 2. The topological polar surface area (TPSA) is 35.2 Å². The van der Waals surface area contributed by atoms with E-state index in [2.05, 4.69) is 45.6 Å². The molecule has 0 amide bonds. The van der Waals surface area contributed by atoms with Gasteiger partial charge >= 0.3 is 0 Å². The van der Waals surface area contributed by atoms with E-state index in [1.165, 1.54) is 15.6 Å². The van der Waals surface area contributed by atoms with Crippen molar-refractivity contribution in [1.82, 2.24) is 0 Å². The monoisotopic (exact) mass is 347 g/mol. The van der Waals surface area contributed by atoms with E-state index >= 15 is 0 Å². The van der Waals surface area contributed by atoms with Crippen LogP contribution in [-0.2, 0) is 13.2 Å². The molecule has 0 saturated heterocycles. The molecule has 0 saturated carbocycles. The zero-order valence-corrected chi connectivity index (χ0v) is 13.2. The molecule has 1 aromatic heterocycles. The Hall–Kier alpha value is -1.36. The van der Waals surface area contributed by atoms with Crippen molar-refractivity contribution in [3.05, 3.63) is 63.4 Å². The summed E-state index contributed by atoms with van der Waals surface area (Å²) in [6.07, 6.45) is 0. The van der Waals surface area contributed by atoms with Crippen LogP contribution in [0.25, 0.3) is 10.1 Å². The van der Waals surface area contributed by atoms with Crippen LogP contribution in [0, 0.1) is 0 Å². The summed E-state index contributed by atoms with van der Waals surface area (Å²) >= 11 is 5.20. The van der Waals surface area contributed by atoms with Crippen molar-refractivity contribution in [2.75, 3.05) is 0 Å². The van der Waals surface area contributed by atoms with Gasteiger partial charge in [-0.1, -0.05) is 34.1 Å². The number of hydrogen-bond donors (Lipinski definition) is 1. The Morgan fingerprint density at radius 3 is 2.80 bits per heavy atom. The average molecular weight is 348 g/mol. The number of hydrogen-bond acceptors (Lipinski definition) is 3. The first kappa shape index (κ1) is 13.6. The first-order valence-corrected chi connectivity index (χ1v) is 8.01. The highest BCUT2D eigenvalue weighted by molar-refractivity contribution is 9.10. The van der Waals surface area contributed by atoms with Gasteiger partial charge in [-0.05, 0) is 35.0 Å². The lowest BCUT2D eigenvalue weighted by Gasteiger charge is -2.10. The van der Waals surface area contributed by atoms with Crippen LogP contribution in [0.3, 0.4) is 0 Å². The van der Waals surface area contributed by atoms with E-state index in [-0.39, 0.29) is 0 Å². The van der Waals surface area contributed by atoms with Gasteiger partial charge in [0, 0.05) is 26.8 Å². The Morgan fingerprint density at radius 1 is 1.10 bits per heavy atom. The van der Waals surface area contributed by atoms with Gasteiger partial charge in [0.05, 0.1) is 0 Å². The fraction of sp³-hybridized carbons (Fsp3) is 0.125. The van der Waals surface area contributed by atoms with E-state index in [1.807, 2.05) is 18.2 Å². The molecule has 102 valence electrons. The Labute approximate surface area is 130 Å². The van der Waals surface area contributed by atoms with Crippen LogP contribution in [0.5, 0.6) is 5.75 Å². The third-order valence-electron chi connectivity index (χ3n) is 3.19. The highest BCUT2D eigenvalue weighted by Crippen LogP contribution is 2.28. The maximum Gasteiger partial charge on any atom is 0.124 e. The molecule has 0 fully saturated rings. The molecule has 3 rings (SSSR count). The lowest BCUT2D eigenvalue weighted by Crippen LogP contribution is -2.02. The molecule has 0 unspecified atom stereocenters. The highest BCUT2D eigenvalue weighted by atomic mass is 79.9. The van der Waals surface area contributed by atoms with E-state index in [0.29, 0.717) is 13.2 Å². The summed E-state index contributed by atoms with van der Waals surface area (Å²) in [6.45, 7) is 1.04. The van der Waals surface area contributed by atoms with Crippen molar-refractivity contribution < 1.29 is 4.74 Å². The molecule has 2 aromatic carbocycles. The molecule has 1 heterocycles. The lowest BCUT2D eigenvalue weighted by molar-refractivity contribution is 0.305. The van der Waals surface area contributed by atoms with E-state index in [9.17, 15) is 0 Å². The smallest absolute Gasteiger partial charge is 0.124 e. The molecule has 0 atom stereocenters. The van der Waals surface area contributed by atoms with Crippen molar-refractivity contribution in [2.24, 2.45) is 5.73 Å². The van der Waals surface area contributed by atoms with Gasteiger partial charge in [0.1, 0.15) is 12.4 Å². The summed E-state index contributed by atoms with van der Waals surface area (Å²) in [4.78, 5) is 0. The maximum atomic E-state index is 5.94. The van der Waals surface area contributed by atoms with E-state index in [0.717, 1.165) is 15.8 Å². The Bertz CT molecular complexity index is 738. The van der Waals surface area contributed by atoms with Gasteiger partial charge < -0.3 is 10.5 Å². The normalized spacial score (nSPS) is 10.9. The van der Waals surface area contributed by atoms with Crippen LogP contribution >= 0.6 is 27.3 Å². The van der Waals surface area contributed by atoms with Crippen LogP contribution < -0.4 is 10.5 Å². The van der Waals surface area contributed by atoms with Gasteiger partial charge in [0.15, 0.2) is 0 Å². The zero-order valence-electron chi connectivity index (χ0n) is 10.8. The van der Waals surface area contributed by atoms with Crippen molar-refractivity contribution in [1.29, 1.82) is 0 Å². The number of rotatable bonds is 4. The van der Waals surface area contributed by atoms with Crippen LogP contribution in [0.2, 0.25) is 0 Å². The molecule has 0 radical (unpaired) electrons. The molecular formula is C16H14BrNOS. The van der Waals surface area contributed by atoms with E-state index < -0.39 is 0 Å². The molecule has 2 N–H and O–H groups in total. The fourth-order valence-corrected chi connectivity index (χ4v) is 3.50. The Balaban J connectivity index is 1.83. The molecular weight excluding hydrogens is 334 g/mol. The second kappa shape index (κ2) is 5.95. The van der Waals surface area contributed by atoms with Crippen LogP contribution in [0.4, 0.5) is 0 Å². The summed E-state index contributed by atoms with van der Waals surface area (Å²) in [5.41, 5.74) is 7.99. The number of nitrogens with two attached hydrogens (primary N) is 1.